The Hall–Kier alpha value is -3.39. The number of hydrogen-bond acceptors (Lipinski definition) is 5. The Balaban J connectivity index is 1.62. The van der Waals surface area contributed by atoms with E-state index >= 15 is 0 Å². The average Bonchev–Trinajstić information content (AvgIpc) is 3.15. The molecule has 8 heteroatoms. The molecular weight excluding hydrogens is 422 g/mol. The zero-order valence-corrected chi connectivity index (χ0v) is 19.3. The van der Waals surface area contributed by atoms with Crippen LogP contribution in [0.25, 0.3) is 0 Å². The minimum absolute atomic E-state index is 0.119. The summed E-state index contributed by atoms with van der Waals surface area (Å²) in [5.41, 5.74) is 4.59. The van der Waals surface area contributed by atoms with Crippen molar-refractivity contribution in [2.75, 3.05) is 11.1 Å². The fraction of sp³-hybridized carbons (Fsp3) is 0.250. The van der Waals surface area contributed by atoms with Crippen molar-refractivity contribution in [2.45, 2.75) is 39.0 Å². The van der Waals surface area contributed by atoms with E-state index in [1.54, 1.807) is 12.1 Å². The van der Waals surface area contributed by atoms with Crippen molar-refractivity contribution in [3.63, 3.8) is 0 Å². The van der Waals surface area contributed by atoms with E-state index in [1.807, 2.05) is 61.7 Å². The summed E-state index contributed by atoms with van der Waals surface area (Å²) in [6.45, 7) is 10.4. The van der Waals surface area contributed by atoms with Gasteiger partial charge in [0.15, 0.2) is 11.0 Å². The average molecular weight is 450 g/mol. The zero-order valence-electron chi connectivity index (χ0n) is 18.5. The minimum atomic E-state index is -0.177. The first-order valence-electron chi connectivity index (χ1n) is 10.3. The van der Waals surface area contributed by atoms with Gasteiger partial charge in [-0.15, -0.1) is 16.8 Å². The highest BCUT2D eigenvalue weighted by Gasteiger charge is 2.15. The SMILES string of the molecule is C=CCn1c(CNC(=O)c2cccc(C)c2)nnc1SCC(=O)Nc1cccc(C)c1C. The second kappa shape index (κ2) is 10.8. The lowest BCUT2D eigenvalue weighted by molar-refractivity contribution is -0.113. The van der Waals surface area contributed by atoms with Crippen molar-refractivity contribution in [1.82, 2.24) is 20.1 Å². The van der Waals surface area contributed by atoms with Gasteiger partial charge in [0.2, 0.25) is 5.91 Å². The zero-order chi connectivity index (χ0) is 23.1. The number of aryl methyl sites for hydroxylation is 2. The molecule has 1 aromatic heterocycles. The van der Waals surface area contributed by atoms with Gasteiger partial charge in [-0.1, -0.05) is 47.7 Å². The van der Waals surface area contributed by atoms with Gasteiger partial charge in [-0.05, 0) is 50.1 Å². The third-order valence-electron chi connectivity index (χ3n) is 5.00. The normalized spacial score (nSPS) is 10.6. The van der Waals surface area contributed by atoms with Crippen LogP contribution in [-0.4, -0.2) is 32.3 Å². The number of carbonyl (C=O) groups is 2. The fourth-order valence-corrected chi connectivity index (χ4v) is 3.89. The van der Waals surface area contributed by atoms with E-state index in [1.165, 1.54) is 11.8 Å². The van der Waals surface area contributed by atoms with Gasteiger partial charge in [0, 0.05) is 17.8 Å². The number of nitrogens with zero attached hydrogens (tertiary/aromatic N) is 3. The summed E-state index contributed by atoms with van der Waals surface area (Å²) in [7, 11) is 0. The molecule has 0 aliphatic heterocycles. The summed E-state index contributed by atoms with van der Waals surface area (Å²) in [6, 6.07) is 13.2. The van der Waals surface area contributed by atoms with Crippen molar-refractivity contribution in [3.8, 4) is 0 Å². The molecule has 7 nitrogen and oxygen atoms in total. The molecule has 2 aromatic carbocycles. The Kier molecular flexibility index (Phi) is 7.83. The maximum absolute atomic E-state index is 12.5. The molecule has 0 fully saturated rings. The predicted octanol–water partition coefficient (Wildman–Crippen LogP) is 4.05. The van der Waals surface area contributed by atoms with Gasteiger partial charge < -0.3 is 15.2 Å². The lowest BCUT2D eigenvalue weighted by atomic mass is 10.1. The Morgan fingerprint density at radius 2 is 1.91 bits per heavy atom. The summed E-state index contributed by atoms with van der Waals surface area (Å²) in [6.07, 6.45) is 1.73. The maximum atomic E-state index is 12.5. The molecule has 0 bridgehead atoms. The first-order chi connectivity index (χ1) is 15.4. The molecule has 1 heterocycles. The van der Waals surface area contributed by atoms with Gasteiger partial charge >= 0.3 is 0 Å². The Bertz CT molecular complexity index is 1140. The van der Waals surface area contributed by atoms with Crippen LogP contribution in [0, 0.1) is 20.8 Å². The van der Waals surface area contributed by atoms with E-state index in [4.69, 9.17) is 0 Å². The van der Waals surface area contributed by atoms with E-state index < -0.39 is 0 Å². The second-order valence-electron chi connectivity index (χ2n) is 7.43. The highest BCUT2D eigenvalue weighted by Crippen LogP contribution is 2.21. The van der Waals surface area contributed by atoms with E-state index in [-0.39, 0.29) is 24.1 Å². The summed E-state index contributed by atoms with van der Waals surface area (Å²) in [5, 5.41) is 14.8. The molecule has 0 saturated carbocycles. The molecule has 0 unspecified atom stereocenters. The number of nitrogens with one attached hydrogen (secondary N) is 2. The van der Waals surface area contributed by atoms with E-state index in [2.05, 4.69) is 27.4 Å². The number of rotatable bonds is 9. The monoisotopic (exact) mass is 449 g/mol. The number of allylic oxidation sites excluding steroid dienone is 1. The fourth-order valence-electron chi connectivity index (χ4n) is 3.12. The van der Waals surface area contributed by atoms with Crippen molar-refractivity contribution in [2.24, 2.45) is 0 Å². The second-order valence-corrected chi connectivity index (χ2v) is 8.38. The molecule has 0 saturated heterocycles. The quantitative estimate of drug-likeness (QED) is 0.380. The summed E-state index contributed by atoms with van der Waals surface area (Å²) in [5.74, 6) is 0.497. The predicted molar refractivity (Wildman–Crippen MR) is 128 cm³/mol. The standard InChI is InChI=1S/C24H27N5O2S/c1-5-12-29-21(14-25-23(31)19-10-6-8-16(2)13-19)27-28-24(29)32-15-22(30)26-20-11-7-9-17(3)18(20)4/h5-11,13H,1,12,14-15H2,2-4H3,(H,25,31)(H,26,30). The molecule has 3 aromatic rings. The molecule has 32 heavy (non-hydrogen) atoms. The van der Waals surface area contributed by atoms with Gasteiger partial charge in [0.05, 0.1) is 12.3 Å². The molecule has 0 spiro atoms. The van der Waals surface area contributed by atoms with Gasteiger partial charge in [0.25, 0.3) is 5.91 Å². The molecule has 0 radical (unpaired) electrons. The largest absolute Gasteiger partial charge is 0.345 e. The van der Waals surface area contributed by atoms with Crippen molar-refractivity contribution >= 4 is 29.3 Å². The van der Waals surface area contributed by atoms with Crippen molar-refractivity contribution in [3.05, 3.63) is 83.2 Å². The van der Waals surface area contributed by atoms with Crippen LogP contribution in [0.15, 0.2) is 60.3 Å². The van der Waals surface area contributed by atoms with Crippen LogP contribution in [0.3, 0.4) is 0 Å². The highest BCUT2D eigenvalue weighted by molar-refractivity contribution is 7.99. The molecule has 0 atom stereocenters. The molecule has 2 N–H and O–H groups in total. The number of amides is 2. The maximum Gasteiger partial charge on any atom is 0.251 e. The smallest absolute Gasteiger partial charge is 0.251 e. The molecule has 166 valence electrons. The number of anilines is 1. The van der Waals surface area contributed by atoms with Crippen molar-refractivity contribution in [1.29, 1.82) is 0 Å². The van der Waals surface area contributed by atoms with Gasteiger partial charge in [-0.2, -0.15) is 0 Å². The van der Waals surface area contributed by atoms with Crippen LogP contribution in [-0.2, 0) is 17.9 Å². The van der Waals surface area contributed by atoms with E-state index in [0.29, 0.717) is 23.1 Å². The summed E-state index contributed by atoms with van der Waals surface area (Å²) in [4.78, 5) is 24.9. The van der Waals surface area contributed by atoms with E-state index in [0.717, 1.165) is 22.4 Å². The van der Waals surface area contributed by atoms with Crippen LogP contribution >= 0.6 is 11.8 Å². The van der Waals surface area contributed by atoms with E-state index in [9.17, 15) is 9.59 Å². The number of hydrogen-bond donors (Lipinski definition) is 2. The molecule has 2 amide bonds. The van der Waals surface area contributed by atoms with Crippen LogP contribution in [0.2, 0.25) is 0 Å². The molecule has 3 rings (SSSR count). The van der Waals surface area contributed by atoms with Crippen LogP contribution < -0.4 is 10.6 Å². The summed E-state index contributed by atoms with van der Waals surface area (Å²) < 4.78 is 1.85. The Morgan fingerprint density at radius 3 is 2.66 bits per heavy atom. The van der Waals surface area contributed by atoms with Crippen LogP contribution in [0.1, 0.15) is 32.9 Å². The number of benzene rings is 2. The number of carbonyl (C=O) groups excluding carboxylic acids is 2. The van der Waals surface area contributed by atoms with Crippen LogP contribution in [0.4, 0.5) is 5.69 Å². The van der Waals surface area contributed by atoms with Crippen LogP contribution in [0.5, 0.6) is 0 Å². The minimum Gasteiger partial charge on any atom is -0.345 e. The molecular formula is C24H27N5O2S. The third-order valence-corrected chi connectivity index (χ3v) is 5.97. The van der Waals surface area contributed by atoms with Gasteiger partial charge in [0.1, 0.15) is 0 Å². The number of aromatic nitrogens is 3. The third kappa shape index (κ3) is 5.85. The molecule has 0 aliphatic rings. The first-order valence-corrected chi connectivity index (χ1v) is 11.2. The lowest BCUT2D eigenvalue weighted by Crippen LogP contribution is -2.25. The molecule has 0 aliphatic carbocycles. The topological polar surface area (TPSA) is 88.9 Å². The lowest BCUT2D eigenvalue weighted by Gasteiger charge is -2.11. The Morgan fingerprint density at radius 1 is 1.12 bits per heavy atom. The Labute approximate surface area is 192 Å². The van der Waals surface area contributed by atoms with Crippen molar-refractivity contribution < 1.29 is 9.59 Å². The highest BCUT2D eigenvalue weighted by atomic mass is 32.2. The first kappa shape index (κ1) is 23.3. The number of thioether (sulfide) groups is 1. The van der Waals surface area contributed by atoms with Gasteiger partial charge in [-0.3, -0.25) is 9.59 Å². The van der Waals surface area contributed by atoms with Gasteiger partial charge in [-0.25, -0.2) is 0 Å². The summed E-state index contributed by atoms with van der Waals surface area (Å²) >= 11 is 1.29.